The molecule has 1 aromatic heterocycles. The standard InChI is InChI=1S/C12H11N5O3/c13-11-10(15-20-16-11)12(14)17(19)9-5-1-3-8(7-9)4-2-6-18/h1,3,5,7,14,18-19H,6H2,(H2,13,16). The van der Waals surface area contributed by atoms with E-state index in [2.05, 4.69) is 26.8 Å². The molecule has 0 aliphatic heterocycles. The van der Waals surface area contributed by atoms with E-state index in [0.29, 0.717) is 16.3 Å². The number of aromatic nitrogens is 2. The summed E-state index contributed by atoms with van der Waals surface area (Å²) in [6.07, 6.45) is 0. The van der Waals surface area contributed by atoms with Crippen LogP contribution in [0.2, 0.25) is 0 Å². The number of amidine groups is 1. The summed E-state index contributed by atoms with van der Waals surface area (Å²) in [6, 6.07) is 6.47. The van der Waals surface area contributed by atoms with E-state index in [1.165, 1.54) is 0 Å². The summed E-state index contributed by atoms with van der Waals surface area (Å²) >= 11 is 0. The maximum absolute atomic E-state index is 9.98. The molecule has 0 amide bonds. The molecule has 0 saturated carbocycles. The van der Waals surface area contributed by atoms with E-state index in [4.69, 9.17) is 16.2 Å². The van der Waals surface area contributed by atoms with Gasteiger partial charge in [-0.2, -0.15) is 0 Å². The lowest BCUT2D eigenvalue weighted by atomic mass is 10.2. The molecule has 2 rings (SSSR count). The van der Waals surface area contributed by atoms with Gasteiger partial charge in [0.1, 0.15) is 6.61 Å². The highest BCUT2D eigenvalue weighted by molar-refractivity contribution is 6.07. The Morgan fingerprint density at radius 2 is 2.25 bits per heavy atom. The molecule has 102 valence electrons. The van der Waals surface area contributed by atoms with E-state index >= 15 is 0 Å². The molecule has 0 aliphatic carbocycles. The molecule has 0 saturated heterocycles. The summed E-state index contributed by atoms with van der Waals surface area (Å²) < 4.78 is 4.38. The number of hydroxylamine groups is 1. The first-order valence-corrected chi connectivity index (χ1v) is 5.49. The lowest BCUT2D eigenvalue weighted by Gasteiger charge is -2.16. The molecule has 0 spiro atoms. The molecule has 5 N–H and O–H groups in total. The fourth-order valence-corrected chi connectivity index (χ4v) is 1.45. The predicted molar refractivity (Wildman–Crippen MR) is 70.2 cm³/mol. The minimum Gasteiger partial charge on any atom is -0.384 e. The lowest BCUT2D eigenvalue weighted by Crippen LogP contribution is -2.28. The van der Waals surface area contributed by atoms with Crippen LogP contribution in [0.5, 0.6) is 0 Å². The fraction of sp³-hybridized carbons (Fsp3) is 0.0833. The van der Waals surface area contributed by atoms with Crippen LogP contribution >= 0.6 is 0 Å². The maximum Gasteiger partial charge on any atom is 0.199 e. The summed E-state index contributed by atoms with van der Waals surface area (Å²) in [5.41, 5.74) is 6.26. The number of nitrogens with zero attached hydrogens (tertiary/aromatic N) is 3. The van der Waals surface area contributed by atoms with Gasteiger partial charge >= 0.3 is 0 Å². The maximum atomic E-state index is 9.98. The molecule has 0 aliphatic rings. The molecule has 2 aromatic rings. The molecule has 20 heavy (non-hydrogen) atoms. The summed E-state index contributed by atoms with van der Waals surface area (Å²) in [5.74, 6) is 4.72. The first kappa shape index (κ1) is 13.5. The predicted octanol–water partition coefficient (Wildman–Crippen LogP) is 0.217. The zero-order chi connectivity index (χ0) is 14.5. The number of hydrogen-bond acceptors (Lipinski definition) is 7. The second-order valence-electron chi connectivity index (χ2n) is 3.67. The van der Waals surface area contributed by atoms with Crippen molar-refractivity contribution in [2.75, 3.05) is 17.4 Å². The van der Waals surface area contributed by atoms with E-state index < -0.39 is 0 Å². The molecule has 0 bridgehead atoms. The van der Waals surface area contributed by atoms with Crippen LogP contribution in [0.15, 0.2) is 28.9 Å². The SMILES string of the molecule is N=C(c1nonc1N)N(O)c1cccc(C#CCO)c1. The highest BCUT2D eigenvalue weighted by Crippen LogP contribution is 2.17. The normalized spacial score (nSPS) is 9.70. The molecule has 8 nitrogen and oxygen atoms in total. The first-order valence-electron chi connectivity index (χ1n) is 5.49. The third-order valence-electron chi connectivity index (χ3n) is 2.35. The van der Waals surface area contributed by atoms with E-state index in [1.54, 1.807) is 24.3 Å². The number of aliphatic hydroxyl groups is 1. The Bertz CT molecular complexity index is 686. The van der Waals surface area contributed by atoms with E-state index in [1.807, 2.05) is 0 Å². The highest BCUT2D eigenvalue weighted by atomic mass is 16.6. The number of hydrogen-bond donors (Lipinski definition) is 4. The summed E-state index contributed by atoms with van der Waals surface area (Å²) in [4.78, 5) is 0. The van der Waals surface area contributed by atoms with Crippen molar-refractivity contribution in [2.24, 2.45) is 0 Å². The summed E-state index contributed by atoms with van der Waals surface area (Å²) in [5, 5.41) is 33.8. The van der Waals surface area contributed by atoms with Gasteiger partial charge in [0, 0.05) is 5.56 Å². The minimum absolute atomic E-state index is 0.0701. The summed E-state index contributed by atoms with van der Waals surface area (Å²) in [7, 11) is 0. The van der Waals surface area contributed by atoms with Crippen molar-refractivity contribution in [2.45, 2.75) is 0 Å². The Labute approximate surface area is 113 Å². The van der Waals surface area contributed by atoms with Gasteiger partial charge in [-0.25, -0.2) is 9.69 Å². The van der Waals surface area contributed by atoms with Crippen LogP contribution in [0.3, 0.4) is 0 Å². The van der Waals surface area contributed by atoms with Gasteiger partial charge in [-0.3, -0.25) is 10.6 Å². The zero-order valence-corrected chi connectivity index (χ0v) is 10.2. The largest absolute Gasteiger partial charge is 0.384 e. The number of anilines is 2. The van der Waals surface area contributed by atoms with Crippen molar-refractivity contribution in [1.82, 2.24) is 10.3 Å². The Morgan fingerprint density at radius 3 is 2.90 bits per heavy atom. The lowest BCUT2D eigenvalue weighted by molar-refractivity contribution is 0.300. The number of nitrogen functional groups attached to an aromatic ring is 1. The molecule has 0 fully saturated rings. The smallest absolute Gasteiger partial charge is 0.199 e. The fourth-order valence-electron chi connectivity index (χ4n) is 1.45. The second-order valence-corrected chi connectivity index (χ2v) is 3.67. The van der Waals surface area contributed by atoms with Crippen molar-refractivity contribution in [3.05, 3.63) is 35.5 Å². The first-order chi connectivity index (χ1) is 9.63. The second kappa shape index (κ2) is 5.83. The van der Waals surface area contributed by atoms with Crippen LogP contribution in [0.4, 0.5) is 11.5 Å². The number of rotatable bonds is 2. The van der Waals surface area contributed by atoms with Crippen LogP contribution in [0.25, 0.3) is 0 Å². The van der Waals surface area contributed by atoms with Crippen molar-refractivity contribution in [1.29, 1.82) is 5.41 Å². The molecule has 0 radical (unpaired) electrons. The van der Waals surface area contributed by atoms with Gasteiger partial charge in [-0.15, -0.1) is 0 Å². The molecule has 1 aromatic carbocycles. The molecule has 0 unspecified atom stereocenters. The Hall–Kier alpha value is -2.89. The van der Waals surface area contributed by atoms with Crippen molar-refractivity contribution in [3.63, 3.8) is 0 Å². The zero-order valence-electron chi connectivity index (χ0n) is 10.2. The van der Waals surface area contributed by atoms with Crippen LogP contribution < -0.4 is 10.8 Å². The van der Waals surface area contributed by atoms with Gasteiger partial charge in [0.05, 0.1) is 5.69 Å². The van der Waals surface area contributed by atoms with Gasteiger partial charge in [0.2, 0.25) is 0 Å². The number of nitrogens with two attached hydrogens (primary N) is 1. The van der Waals surface area contributed by atoms with Gasteiger partial charge < -0.3 is 10.8 Å². The van der Waals surface area contributed by atoms with Gasteiger partial charge in [-0.1, -0.05) is 17.9 Å². The number of benzene rings is 1. The van der Waals surface area contributed by atoms with Crippen molar-refractivity contribution >= 4 is 17.3 Å². The number of aliphatic hydroxyl groups excluding tert-OH is 1. The van der Waals surface area contributed by atoms with E-state index in [0.717, 1.165) is 0 Å². The molecule has 0 atom stereocenters. The Morgan fingerprint density at radius 1 is 1.45 bits per heavy atom. The van der Waals surface area contributed by atoms with E-state index in [-0.39, 0.29) is 24.0 Å². The van der Waals surface area contributed by atoms with Crippen molar-refractivity contribution < 1.29 is 14.9 Å². The quantitative estimate of drug-likeness (QED) is 0.266. The third kappa shape index (κ3) is 2.74. The molecular formula is C12H11N5O3. The summed E-state index contributed by atoms with van der Waals surface area (Å²) in [6.45, 7) is -0.260. The molecular weight excluding hydrogens is 262 g/mol. The van der Waals surface area contributed by atoms with Gasteiger partial charge in [0.25, 0.3) is 0 Å². The van der Waals surface area contributed by atoms with Crippen LogP contribution in [0.1, 0.15) is 11.3 Å². The average molecular weight is 273 g/mol. The van der Waals surface area contributed by atoms with Crippen molar-refractivity contribution in [3.8, 4) is 11.8 Å². The van der Waals surface area contributed by atoms with Crippen LogP contribution in [-0.4, -0.2) is 33.1 Å². The highest BCUT2D eigenvalue weighted by Gasteiger charge is 2.19. The Balaban J connectivity index is 2.27. The van der Waals surface area contributed by atoms with Gasteiger partial charge in [-0.05, 0) is 28.5 Å². The topological polar surface area (TPSA) is 132 Å². The third-order valence-corrected chi connectivity index (χ3v) is 2.35. The van der Waals surface area contributed by atoms with Crippen LogP contribution in [0, 0.1) is 17.3 Å². The minimum atomic E-state index is -0.379. The van der Waals surface area contributed by atoms with E-state index in [9.17, 15) is 5.21 Å². The average Bonchev–Trinajstić information content (AvgIpc) is 2.90. The Kier molecular flexibility index (Phi) is 3.95. The number of nitrogens with one attached hydrogen (secondary N) is 1. The van der Waals surface area contributed by atoms with Crippen LogP contribution in [-0.2, 0) is 0 Å². The monoisotopic (exact) mass is 273 g/mol. The molecule has 1 heterocycles. The molecule has 8 heteroatoms. The van der Waals surface area contributed by atoms with Gasteiger partial charge in [0.15, 0.2) is 17.3 Å².